The second-order valence-corrected chi connectivity index (χ2v) is 5.98. The van der Waals surface area contributed by atoms with Gasteiger partial charge in [-0.25, -0.2) is 4.98 Å². The van der Waals surface area contributed by atoms with Crippen molar-refractivity contribution in [1.29, 1.82) is 0 Å². The van der Waals surface area contributed by atoms with Crippen LogP contribution in [0.3, 0.4) is 0 Å². The standard InChI is InChI=1S/C18H16N2OS/c1-13-7-5-10-15(19-13)18(21)20-17(16-11-6-12-22-16)14-8-3-2-4-9-14/h2-12,17H,1H3,(H,20,21)/t17-/m0/s1. The van der Waals surface area contributed by atoms with E-state index in [1.807, 2.05) is 66.9 Å². The summed E-state index contributed by atoms with van der Waals surface area (Å²) in [5, 5.41) is 5.10. The molecule has 110 valence electrons. The molecular formula is C18H16N2OS. The van der Waals surface area contributed by atoms with Crippen molar-refractivity contribution in [2.24, 2.45) is 0 Å². The normalized spacial score (nSPS) is 11.9. The molecule has 0 spiro atoms. The van der Waals surface area contributed by atoms with Gasteiger partial charge in [0.15, 0.2) is 0 Å². The summed E-state index contributed by atoms with van der Waals surface area (Å²) in [6, 6.07) is 19.3. The van der Waals surface area contributed by atoms with Crippen LogP contribution in [0.25, 0.3) is 0 Å². The van der Waals surface area contributed by atoms with Gasteiger partial charge in [0, 0.05) is 10.6 Å². The number of hydrogen-bond acceptors (Lipinski definition) is 3. The lowest BCUT2D eigenvalue weighted by Crippen LogP contribution is -2.29. The molecule has 1 amide bonds. The number of thiophene rings is 1. The molecule has 3 nitrogen and oxygen atoms in total. The Kier molecular flexibility index (Phi) is 4.30. The topological polar surface area (TPSA) is 42.0 Å². The summed E-state index contributed by atoms with van der Waals surface area (Å²) in [4.78, 5) is 17.9. The fourth-order valence-electron chi connectivity index (χ4n) is 2.29. The van der Waals surface area contributed by atoms with Crippen LogP contribution in [0.1, 0.15) is 32.7 Å². The van der Waals surface area contributed by atoms with Crippen LogP contribution in [0.15, 0.2) is 66.0 Å². The van der Waals surface area contributed by atoms with E-state index < -0.39 is 0 Å². The maximum atomic E-state index is 12.5. The van der Waals surface area contributed by atoms with Crippen molar-refractivity contribution in [3.8, 4) is 0 Å². The van der Waals surface area contributed by atoms with Crippen molar-refractivity contribution in [1.82, 2.24) is 10.3 Å². The average molecular weight is 308 g/mol. The zero-order chi connectivity index (χ0) is 15.4. The average Bonchev–Trinajstić information content (AvgIpc) is 3.07. The van der Waals surface area contributed by atoms with Gasteiger partial charge in [-0.15, -0.1) is 11.3 Å². The van der Waals surface area contributed by atoms with Gasteiger partial charge < -0.3 is 5.32 Å². The number of carbonyl (C=O) groups is 1. The summed E-state index contributed by atoms with van der Waals surface area (Å²) in [5.41, 5.74) is 2.34. The van der Waals surface area contributed by atoms with E-state index in [1.54, 1.807) is 17.4 Å². The van der Waals surface area contributed by atoms with Gasteiger partial charge >= 0.3 is 0 Å². The number of nitrogens with zero attached hydrogens (tertiary/aromatic N) is 1. The Bertz CT molecular complexity index is 754. The molecule has 2 aromatic heterocycles. The van der Waals surface area contributed by atoms with Crippen LogP contribution in [0.5, 0.6) is 0 Å². The van der Waals surface area contributed by atoms with Crippen LogP contribution in [0.4, 0.5) is 0 Å². The number of carbonyl (C=O) groups excluding carboxylic acids is 1. The van der Waals surface area contributed by atoms with Crippen molar-refractivity contribution >= 4 is 17.2 Å². The predicted molar refractivity (Wildman–Crippen MR) is 89.0 cm³/mol. The first-order chi connectivity index (χ1) is 10.7. The summed E-state index contributed by atoms with van der Waals surface area (Å²) in [6.07, 6.45) is 0. The number of nitrogens with one attached hydrogen (secondary N) is 1. The third-order valence-electron chi connectivity index (χ3n) is 3.36. The highest BCUT2D eigenvalue weighted by molar-refractivity contribution is 7.10. The molecule has 0 unspecified atom stereocenters. The molecule has 2 heterocycles. The van der Waals surface area contributed by atoms with Crippen molar-refractivity contribution < 1.29 is 4.79 Å². The monoisotopic (exact) mass is 308 g/mol. The molecule has 3 rings (SSSR count). The summed E-state index contributed by atoms with van der Waals surface area (Å²) in [6.45, 7) is 1.88. The van der Waals surface area contributed by atoms with Gasteiger partial charge in [0.25, 0.3) is 5.91 Å². The van der Waals surface area contributed by atoms with E-state index in [1.165, 1.54) is 0 Å². The third-order valence-corrected chi connectivity index (χ3v) is 4.29. The number of amides is 1. The third kappa shape index (κ3) is 3.23. The molecule has 0 aliphatic heterocycles. The fraction of sp³-hybridized carbons (Fsp3) is 0.111. The molecule has 1 atom stereocenters. The zero-order valence-electron chi connectivity index (χ0n) is 12.2. The molecule has 4 heteroatoms. The molecule has 0 aliphatic carbocycles. The molecule has 0 radical (unpaired) electrons. The van der Waals surface area contributed by atoms with Crippen molar-refractivity contribution in [2.75, 3.05) is 0 Å². The minimum atomic E-state index is -0.161. The number of aromatic nitrogens is 1. The Morgan fingerprint density at radius 3 is 2.55 bits per heavy atom. The minimum absolute atomic E-state index is 0.156. The van der Waals surface area contributed by atoms with E-state index in [2.05, 4.69) is 10.3 Å². The molecule has 22 heavy (non-hydrogen) atoms. The van der Waals surface area contributed by atoms with E-state index in [4.69, 9.17) is 0 Å². The van der Waals surface area contributed by atoms with Crippen molar-refractivity contribution in [3.05, 3.63) is 87.9 Å². The van der Waals surface area contributed by atoms with Gasteiger partial charge in [0.1, 0.15) is 5.69 Å². The Balaban J connectivity index is 1.89. The Morgan fingerprint density at radius 2 is 1.86 bits per heavy atom. The molecule has 0 bridgehead atoms. The Labute approximate surface area is 133 Å². The van der Waals surface area contributed by atoms with Crippen molar-refractivity contribution in [3.63, 3.8) is 0 Å². The molecule has 0 fully saturated rings. The van der Waals surface area contributed by atoms with E-state index in [0.717, 1.165) is 16.1 Å². The van der Waals surface area contributed by atoms with Crippen LogP contribution in [-0.4, -0.2) is 10.9 Å². The smallest absolute Gasteiger partial charge is 0.270 e. The molecule has 3 aromatic rings. The fourth-order valence-corrected chi connectivity index (χ4v) is 3.10. The van der Waals surface area contributed by atoms with Gasteiger partial charge in [-0.2, -0.15) is 0 Å². The van der Waals surface area contributed by atoms with Crippen LogP contribution >= 0.6 is 11.3 Å². The Hall–Kier alpha value is -2.46. The highest BCUT2D eigenvalue weighted by Gasteiger charge is 2.19. The summed E-state index contributed by atoms with van der Waals surface area (Å²) in [5.74, 6) is -0.161. The molecular weight excluding hydrogens is 292 g/mol. The first-order valence-corrected chi connectivity index (χ1v) is 7.95. The van der Waals surface area contributed by atoms with Crippen LogP contribution in [-0.2, 0) is 0 Å². The van der Waals surface area contributed by atoms with Crippen LogP contribution in [0, 0.1) is 6.92 Å². The highest BCUT2D eigenvalue weighted by Crippen LogP contribution is 2.26. The highest BCUT2D eigenvalue weighted by atomic mass is 32.1. The minimum Gasteiger partial charge on any atom is -0.339 e. The largest absolute Gasteiger partial charge is 0.339 e. The van der Waals surface area contributed by atoms with E-state index in [0.29, 0.717) is 5.69 Å². The molecule has 0 saturated carbocycles. The van der Waals surface area contributed by atoms with Gasteiger partial charge in [-0.05, 0) is 36.1 Å². The first-order valence-electron chi connectivity index (χ1n) is 7.07. The first kappa shape index (κ1) is 14.5. The van der Waals surface area contributed by atoms with E-state index in [9.17, 15) is 4.79 Å². The summed E-state index contributed by atoms with van der Waals surface area (Å²) in [7, 11) is 0. The number of rotatable bonds is 4. The van der Waals surface area contributed by atoms with E-state index in [-0.39, 0.29) is 11.9 Å². The van der Waals surface area contributed by atoms with Crippen LogP contribution in [0.2, 0.25) is 0 Å². The number of benzene rings is 1. The Morgan fingerprint density at radius 1 is 1.05 bits per heavy atom. The zero-order valence-corrected chi connectivity index (χ0v) is 13.0. The van der Waals surface area contributed by atoms with E-state index >= 15 is 0 Å². The van der Waals surface area contributed by atoms with Gasteiger partial charge in [0.2, 0.25) is 0 Å². The maximum absolute atomic E-state index is 12.5. The number of pyridine rings is 1. The lowest BCUT2D eigenvalue weighted by molar-refractivity contribution is 0.0938. The maximum Gasteiger partial charge on any atom is 0.270 e. The van der Waals surface area contributed by atoms with Gasteiger partial charge in [-0.1, -0.05) is 42.5 Å². The SMILES string of the molecule is Cc1cccc(C(=O)N[C@@H](c2ccccc2)c2cccs2)n1. The number of hydrogen-bond donors (Lipinski definition) is 1. The quantitative estimate of drug-likeness (QED) is 0.792. The van der Waals surface area contributed by atoms with Crippen molar-refractivity contribution in [2.45, 2.75) is 13.0 Å². The second kappa shape index (κ2) is 6.54. The van der Waals surface area contributed by atoms with Gasteiger partial charge in [0.05, 0.1) is 6.04 Å². The van der Waals surface area contributed by atoms with Crippen LogP contribution < -0.4 is 5.32 Å². The lowest BCUT2D eigenvalue weighted by Gasteiger charge is -2.18. The molecule has 1 aromatic carbocycles. The predicted octanol–water partition coefficient (Wildman–Crippen LogP) is 3.97. The number of aryl methyl sites for hydroxylation is 1. The summed E-state index contributed by atoms with van der Waals surface area (Å²) >= 11 is 1.63. The van der Waals surface area contributed by atoms with Gasteiger partial charge in [-0.3, -0.25) is 4.79 Å². The summed E-state index contributed by atoms with van der Waals surface area (Å²) < 4.78 is 0. The molecule has 0 aliphatic rings. The molecule has 0 saturated heterocycles. The molecule has 1 N–H and O–H groups in total. The lowest BCUT2D eigenvalue weighted by atomic mass is 10.1. The second-order valence-electron chi connectivity index (χ2n) is 5.00.